The van der Waals surface area contributed by atoms with Crippen molar-refractivity contribution in [3.05, 3.63) is 29.8 Å². The number of hydrogen-bond donors (Lipinski definition) is 1. The van der Waals surface area contributed by atoms with Gasteiger partial charge in [-0.15, -0.1) is 0 Å². The summed E-state index contributed by atoms with van der Waals surface area (Å²) >= 11 is 0. The molecule has 1 rings (SSSR count). The number of hydrogen-bond acceptors (Lipinski definition) is 3. The second-order valence-electron chi connectivity index (χ2n) is 1.88. The Morgan fingerprint density at radius 3 is 2.50 bits per heavy atom. The van der Waals surface area contributed by atoms with Crippen molar-refractivity contribution in [3.63, 3.8) is 0 Å². The molecule has 12 heavy (non-hydrogen) atoms. The molecule has 0 atom stereocenters. The van der Waals surface area contributed by atoms with Crippen LogP contribution >= 0.6 is 0 Å². The van der Waals surface area contributed by atoms with Crippen LogP contribution in [0.15, 0.2) is 24.3 Å². The monoisotopic (exact) mass is 180 g/mol. The topological polar surface area (TPSA) is 46.5 Å². The number of para-hydroxylation sites is 1. The van der Waals surface area contributed by atoms with Gasteiger partial charge in [0.2, 0.25) is 0 Å². The zero-order valence-corrected chi connectivity index (χ0v) is 5.45. The summed E-state index contributed by atoms with van der Waals surface area (Å²) in [6, 6.07) is 5.54. The van der Waals surface area contributed by atoms with Crippen molar-refractivity contribution in [2.45, 2.75) is 0 Å². The fourth-order valence-electron chi connectivity index (χ4n) is 0.688. The molecule has 0 spiro atoms. The van der Waals surface area contributed by atoms with Crippen molar-refractivity contribution in [2.24, 2.45) is 0 Å². The van der Waals surface area contributed by atoms with Crippen LogP contribution in [0.1, 0.15) is 10.4 Å². The molecule has 0 radical (unpaired) electrons. The van der Waals surface area contributed by atoms with Gasteiger partial charge < -0.3 is 5.11 Å². The van der Waals surface area contributed by atoms with Crippen molar-refractivity contribution in [2.75, 3.05) is 0 Å². The summed E-state index contributed by atoms with van der Waals surface area (Å²) in [4.78, 5) is 13.4. The summed E-state index contributed by atoms with van der Waals surface area (Å²) in [7, 11) is 0. The van der Waals surface area contributed by atoms with E-state index in [1.807, 2.05) is 0 Å². The van der Waals surface area contributed by atoms with Gasteiger partial charge in [-0.3, -0.25) is 0 Å². The molecule has 0 bridgehead atoms. The Morgan fingerprint density at radius 1 is 1.42 bits per heavy atom. The molecular weight excluding hydrogens is 174 g/mol. The molecule has 0 amide bonds. The summed E-state index contributed by atoms with van der Waals surface area (Å²) in [6.45, 7) is 0. The Kier molecular flexibility index (Phi) is 4.89. The van der Waals surface area contributed by atoms with Gasteiger partial charge in [-0.2, -0.15) is 0 Å². The van der Waals surface area contributed by atoms with Crippen LogP contribution in [0.4, 0.5) is 4.53 Å². The first-order chi connectivity index (χ1) is 5.25. The molecule has 5 heteroatoms. The minimum atomic E-state index is -1.19. The fraction of sp³-hybridized carbons (Fsp3) is 0. The Labute approximate surface area is 90.3 Å². The van der Waals surface area contributed by atoms with Crippen molar-refractivity contribution in [1.82, 2.24) is 0 Å². The van der Waals surface area contributed by atoms with Gasteiger partial charge in [0.15, 0.2) is 0 Å². The number of phenols is 1. The summed E-state index contributed by atoms with van der Waals surface area (Å²) in [5.41, 5.74) is -0.185. The second kappa shape index (κ2) is 5.13. The normalized spacial score (nSPS) is 8.42. The average molecular weight is 180 g/mol. The fourth-order valence-corrected chi connectivity index (χ4v) is 0.688. The Hall–Kier alpha value is -0.580. The van der Waals surface area contributed by atoms with Crippen LogP contribution in [-0.4, -0.2) is 40.6 Å². The molecule has 1 N–H and O–H groups in total. The van der Waals surface area contributed by atoms with Gasteiger partial charge in [0, 0.05) is 4.53 Å². The standard InChI is InChI=1S/C7H5FO3.Na.H/c8-11-7(10)5-3-1-2-4-6(5)9;;/h1-4,9H;;. The molecular formula is C7H6FNaO3. The number of phenolic OH excluding ortho intramolecular Hbond substituents is 1. The Balaban J connectivity index is 0.00000121. The molecule has 1 aromatic carbocycles. The van der Waals surface area contributed by atoms with E-state index in [-0.39, 0.29) is 40.9 Å². The van der Waals surface area contributed by atoms with Crippen molar-refractivity contribution < 1.29 is 19.4 Å². The average Bonchev–Trinajstić information content (AvgIpc) is 2.04. The molecule has 0 aliphatic heterocycles. The van der Waals surface area contributed by atoms with Crippen molar-refractivity contribution in [3.8, 4) is 5.75 Å². The molecule has 0 aromatic heterocycles. The van der Waals surface area contributed by atoms with E-state index in [2.05, 4.69) is 4.94 Å². The van der Waals surface area contributed by atoms with Crippen LogP contribution < -0.4 is 0 Å². The molecule has 0 unspecified atom stereocenters. The van der Waals surface area contributed by atoms with E-state index in [4.69, 9.17) is 5.11 Å². The van der Waals surface area contributed by atoms with Crippen LogP contribution in [0.2, 0.25) is 0 Å². The number of aromatic hydroxyl groups is 1. The summed E-state index contributed by atoms with van der Waals surface area (Å²) in [5, 5.41) is 8.94. The Bertz CT molecular complexity index is 277. The van der Waals surface area contributed by atoms with E-state index in [0.717, 1.165) is 0 Å². The van der Waals surface area contributed by atoms with Crippen LogP contribution in [0, 0.1) is 0 Å². The van der Waals surface area contributed by atoms with E-state index in [9.17, 15) is 9.32 Å². The molecule has 0 heterocycles. The van der Waals surface area contributed by atoms with Crippen LogP contribution in [0.3, 0.4) is 0 Å². The maximum absolute atomic E-state index is 11.3. The third-order valence-electron chi connectivity index (χ3n) is 1.19. The van der Waals surface area contributed by atoms with Gasteiger partial charge in [0.25, 0.3) is 0 Å². The van der Waals surface area contributed by atoms with E-state index in [0.29, 0.717) is 0 Å². The van der Waals surface area contributed by atoms with Crippen LogP contribution in [0.5, 0.6) is 5.75 Å². The number of rotatable bonds is 1. The van der Waals surface area contributed by atoms with Crippen molar-refractivity contribution in [1.29, 1.82) is 0 Å². The number of halogens is 1. The zero-order valence-electron chi connectivity index (χ0n) is 5.45. The minimum absolute atomic E-state index is 0. The molecule has 0 saturated heterocycles. The molecule has 0 fully saturated rings. The molecule has 1 aromatic rings. The summed E-state index contributed by atoms with van der Waals surface area (Å²) in [6.07, 6.45) is 0. The van der Waals surface area contributed by atoms with Gasteiger partial charge in [0.05, 0.1) is 0 Å². The first kappa shape index (κ1) is 11.4. The third-order valence-corrected chi connectivity index (χ3v) is 1.19. The number of benzene rings is 1. The SMILES string of the molecule is O=C(OF)c1ccccc1O.[NaH]. The van der Waals surface area contributed by atoms with Crippen LogP contribution in [-0.2, 0) is 4.94 Å². The zero-order chi connectivity index (χ0) is 8.27. The van der Waals surface area contributed by atoms with Gasteiger partial charge in [0.1, 0.15) is 11.3 Å². The molecule has 3 nitrogen and oxygen atoms in total. The van der Waals surface area contributed by atoms with E-state index < -0.39 is 5.97 Å². The summed E-state index contributed by atoms with van der Waals surface area (Å²) < 4.78 is 11.3. The first-order valence-corrected chi connectivity index (χ1v) is 2.86. The molecule has 0 aliphatic carbocycles. The van der Waals surface area contributed by atoms with Crippen molar-refractivity contribution >= 4 is 35.5 Å². The van der Waals surface area contributed by atoms with Gasteiger partial charge in [-0.05, 0) is 12.1 Å². The van der Waals surface area contributed by atoms with Gasteiger partial charge in [-0.25, -0.2) is 9.74 Å². The predicted octanol–water partition coefficient (Wildman–Crippen LogP) is 0.785. The van der Waals surface area contributed by atoms with Crippen LogP contribution in [0.25, 0.3) is 0 Å². The predicted molar refractivity (Wildman–Crippen MR) is 41.8 cm³/mol. The quantitative estimate of drug-likeness (QED) is 0.649. The van der Waals surface area contributed by atoms with E-state index in [1.54, 1.807) is 0 Å². The number of carbonyl (C=O) groups is 1. The van der Waals surface area contributed by atoms with E-state index >= 15 is 0 Å². The van der Waals surface area contributed by atoms with E-state index in [1.165, 1.54) is 24.3 Å². The van der Waals surface area contributed by atoms with Gasteiger partial charge in [-0.1, -0.05) is 12.1 Å². The molecule has 0 saturated carbocycles. The molecule has 60 valence electrons. The number of carbonyl (C=O) groups excluding carboxylic acids is 1. The summed E-state index contributed by atoms with van der Waals surface area (Å²) in [5.74, 6) is -1.49. The van der Waals surface area contributed by atoms with Gasteiger partial charge >= 0.3 is 35.5 Å². The third kappa shape index (κ3) is 2.48. The second-order valence-corrected chi connectivity index (χ2v) is 1.88. The maximum atomic E-state index is 11.3. The Morgan fingerprint density at radius 2 is 2.00 bits per heavy atom. The molecule has 0 aliphatic rings. The first-order valence-electron chi connectivity index (χ1n) is 2.86.